The van der Waals surface area contributed by atoms with Gasteiger partial charge in [-0.1, -0.05) is 48.5 Å². The third-order valence-electron chi connectivity index (χ3n) is 3.34. The molecule has 2 aromatic rings. The average molecular weight is 326 g/mol. The predicted molar refractivity (Wildman–Crippen MR) is 92.9 cm³/mol. The van der Waals surface area contributed by atoms with Crippen molar-refractivity contribution < 1.29 is 19.0 Å². The van der Waals surface area contributed by atoms with Crippen molar-refractivity contribution in [3.63, 3.8) is 0 Å². The lowest BCUT2D eigenvalue weighted by Crippen LogP contribution is -2.08. The summed E-state index contributed by atoms with van der Waals surface area (Å²) >= 11 is 0. The summed E-state index contributed by atoms with van der Waals surface area (Å²) in [6, 6.07) is 17.3. The van der Waals surface area contributed by atoms with Gasteiger partial charge in [-0.2, -0.15) is 0 Å². The van der Waals surface area contributed by atoms with E-state index in [1.807, 2.05) is 60.7 Å². The molecule has 0 radical (unpaired) electrons. The standard InChI is InChI=1S/C20H22O4/c1-22-19-11-9-17(10-12-19)15-20(21)24-14-6-5-13-23-16-18-7-3-2-4-8-18/h2-12H,13-16H2,1H3. The van der Waals surface area contributed by atoms with E-state index in [0.29, 0.717) is 13.2 Å². The molecule has 0 heterocycles. The first-order valence-electron chi connectivity index (χ1n) is 7.83. The van der Waals surface area contributed by atoms with E-state index in [1.54, 1.807) is 13.2 Å². The molecule has 0 unspecified atom stereocenters. The molecule has 0 N–H and O–H groups in total. The maximum absolute atomic E-state index is 11.7. The highest BCUT2D eigenvalue weighted by Gasteiger charge is 2.03. The van der Waals surface area contributed by atoms with Gasteiger partial charge in [-0.25, -0.2) is 0 Å². The third-order valence-corrected chi connectivity index (χ3v) is 3.34. The lowest BCUT2D eigenvalue weighted by molar-refractivity contribution is -0.141. The highest BCUT2D eigenvalue weighted by Crippen LogP contribution is 2.11. The predicted octanol–water partition coefficient (Wildman–Crippen LogP) is 3.55. The zero-order valence-electron chi connectivity index (χ0n) is 13.8. The number of hydrogen-bond acceptors (Lipinski definition) is 4. The summed E-state index contributed by atoms with van der Waals surface area (Å²) < 4.78 is 15.7. The summed E-state index contributed by atoms with van der Waals surface area (Å²) in [6.07, 6.45) is 3.89. The summed E-state index contributed by atoms with van der Waals surface area (Å²) in [5.74, 6) is 0.514. The molecule has 4 nitrogen and oxygen atoms in total. The minimum Gasteiger partial charge on any atom is -0.497 e. The topological polar surface area (TPSA) is 44.8 Å². The summed E-state index contributed by atoms with van der Waals surface area (Å²) in [7, 11) is 1.61. The summed E-state index contributed by atoms with van der Waals surface area (Å²) in [4.78, 5) is 11.7. The smallest absolute Gasteiger partial charge is 0.310 e. The number of carbonyl (C=O) groups excluding carboxylic acids is 1. The van der Waals surface area contributed by atoms with Crippen LogP contribution in [-0.2, 0) is 27.3 Å². The van der Waals surface area contributed by atoms with Crippen LogP contribution in [-0.4, -0.2) is 26.3 Å². The number of methoxy groups -OCH3 is 1. The second kappa shape index (κ2) is 10.2. The van der Waals surface area contributed by atoms with E-state index in [4.69, 9.17) is 14.2 Å². The van der Waals surface area contributed by atoms with Crippen LogP contribution in [0, 0.1) is 0 Å². The van der Waals surface area contributed by atoms with Gasteiger partial charge < -0.3 is 14.2 Å². The Balaban J connectivity index is 1.58. The fourth-order valence-electron chi connectivity index (χ4n) is 2.06. The highest BCUT2D eigenvalue weighted by molar-refractivity contribution is 5.72. The van der Waals surface area contributed by atoms with Crippen LogP contribution >= 0.6 is 0 Å². The van der Waals surface area contributed by atoms with Gasteiger partial charge in [0.25, 0.3) is 0 Å². The molecule has 0 fully saturated rings. The molecule has 126 valence electrons. The Kier molecular flexibility index (Phi) is 7.57. The molecule has 0 saturated heterocycles. The van der Waals surface area contributed by atoms with E-state index in [1.165, 1.54) is 0 Å². The van der Waals surface area contributed by atoms with E-state index in [0.717, 1.165) is 16.9 Å². The fourth-order valence-corrected chi connectivity index (χ4v) is 2.06. The molecule has 0 bridgehead atoms. The van der Waals surface area contributed by atoms with Gasteiger partial charge in [-0.15, -0.1) is 0 Å². The minimum atomic E-state index is -0.255. The van der Waals surface area contributed by atoms with E-state index in [2.05, 4.69) is 0 Å². The van der Waals surface area contributed by atoms with Crippen LogP contribution in [0.4, 0.5) is 0 Å². The van der Waals surface area contributed by atoms with E-state index < -0.39 is 0 Å². The van der Waals surface area contributed by atoms with Crippen LogP contribution in [0.3, 0.4) is 0 Å². The lowest BCUT2D eigenvalue weighted by atomic mass is 10.1. The number of benzene rings is 2. The quantitative estimate of drug-likeness (QED) is 0.401. The molecule has 0 aliphatic carbocycles. The van der Waals surface area contributed by atoms with Gasteiger partial charge in [0.2, 0.25) is 0 Å². The first kappa shape index (κ1) is 17.8. The minimum absolute atomic E-state index is 0.252. The van der Waals surface area contributed by atoms with Crippen LogP contribution in [0.15, 0.2) is 66.7 Å². The molecular weight excluding hydrogens is 304 g/mol. The average Bonchev–Trinajstić information content (AvgIpc) is 2.62. The maximum Gasteiger partial charge on any atom is 0.310 e. The van der Waals surface area contributed by atoms with Gasteiger partial charge in [0.15, 0.2) is 0 Å². The van der Waals surface area contributed by atoms with Gasteiger partial charge in [0, 0.05) is 0 Å². The molecule has 0 aromatic heterocycles. The summed E-state index contributed by atoms with van der Waals surface area (Å²) in [5.41, 5.74) is 2.03. The summed E-state index contributed by atoms with van der Waals surface area (Å²) in [6.45, 7) is 1.32. The molecule has 0 amide bonds. The zero-order chi connectivity index (χ0) is 17.0. The number of ether oxygens (including phenoxy) is 3. The Morgan fingerprint density at radius 1 is 0.917 bits per heavy atom. The van der Waals surface area contributed by atoms with Crippen molar-refractivity contribution in [2.75, 3.05) is 20.3 Å². The Morgan fingerprint density at radius 3 is 2.33 bits per heavy atom. The third kappa shape index (κ3) is 6.67. The Morgan fingerprint density at radius 2 is 1.62 bits per heavy atom. The molecule has 24 heavy (non-hydrogen) atoms. The number of hydrogen-bond donors (Lipinski definition) is 0. The normalized spacial score (nSPS) is 10.7. The zero-order valence-corrected chi connectivity index (χ0v) is 13.8. The van der Waals surface area contributed by atoms with Gasteiger partial charge in [-0.05, 0) is 29.3 Å². The monoisotopic (exact) mass is 326 g/mol. The Hall–Kier alpha value is -2.59. The second-order valence-corrected chi connectivity index (χ2v) is 5.18. The number of rotatable bonds is 9. The molecule has 2 rings (SSSR count). The van der Waals surface area contributed by atoms with E-state index in [9.17, 15) is 4.79 Å². The summed E-state index contributed by atoms with van der Waals surface area (Å²) in [5, 5.41) is 0. The van der Waals surface area contributed by atoms with Crippen LogP contribution in [0.25, 0.3) is 0 Å². The number of esters is 1. The van der Waals surface area contributed by atoms with E-state index in [-0.39, 0.29) is 19.0 Å². The van der Waals surface area contributed by atoms with Gasteiger partial charge in [0.05, 0.1) is 26.7 Å². The van der Waals surface area contributed by atoms with Crippen molar-refractivity contribution >= 4 is 5.97 Å². The van der Waals surface area contributed by atoms with E-state index >= 15 is 0 Å². The molecule has 4 heteroatoms. The second-order valence-electron chi connectivity index (χ2n) is 5.18. The van der Waals surface area contributed by atoms with Gasteiger partial charge in [-0.3, -0.25) is 4.79 Å². The molecule has 0 saturated carbocycles. The maximum atomic E-state index is 11.7. The van der Waals surface area contributed by atoms with Crippen molar-refractivity contribution in [3.8, 4) is 5.75 Å². The molecule has 0 aliphatic heterocycles. The van der Waals surface area contributed by atoms with Crippen molar-refractivity contribution in [3.05, 3.63) is 77.9 Å². The van der Waals surface area contributed by atoms with Crippen molar-refractivity contribution in [1.29, 1.82) is 0 Å². The molecule has 0 aliphatic rings. The largest absolute Gasteiger partial charge is 0.497 e. The van der Waals surface area contributed by atoms with Crippen LogP contribution in [0.2, 0.25) is 0 Å². The SMILES string of the molecule is COc1ccc(CC(=O)OCC=CCOCc2ccccc2)cc1. The van der Waals surface area contributed by atoms with Crippen LogP contribution in [0.1, 0.15) is 11.1 Å². The molecule has 0 spiro atoms. The van der Waals surface area contributed by atoms with Crippen molar-refractivity contribution in [2.45, 2.75) is 13.0 Å². The first-order chi connectivity index (χ1) is 11.8. The highest BCUT2D eigenvalue weighted by atomic mass is 16.5. The molecule has 0 atom stereocenters. The lowest BCUT2D eigenvalue weighted by Gasteiger charge is -2.04. The van der Waals surface area contributed by atoms with Crippen LogP contribution < -0.4 is 4.74 Å². The molecule has 2 aromatic carbocycles. The van der Waals surface area contributed by atoms with Crippen molar-refractivity contribution in [2.24, 2.45) is 0 Å². The van der Waals surface area contributed by atoms with Crippen LogP contribution in [0.5, 0.6) is 5.75 Å². The first-order valence-corrected chi connectivity index (χ1v) is 7.83. The Labute approximate surface area is 142 Å². The van der Waals surface area contributed by atoms with Gasteiger partial charge >= 0.3 is 5.97 Å². The van der Waals surface area contributed by atoms with Gasteiger partial charge in [0.1, 0.15) is 12.4 Å². The molecular formula is C20H22O4. The number of carbonyl (C=O) groups is 1. The Bertz CT molecular complexity index is 632. The van der Waals surface area contributed by atoms with Crippen molar-refractivity contribution in [1.82, 2.24) is 0 Å². The fraction of sp³-hybridized carbons (Fsp3) is 0.250.